The standard InChI is InChI=1S/C6H4ClFO2/c7-5-3(9)1-2-4(10)6(5)8/h1-2,9-10H. The molecule has 0 atom stereocenters. The molecular weight excluding hydrogens is 159 g/mol. The summed E-state index contributed by atoms with van der Waals surface area (Å²) in [6, 6.07) is 2.14. The van der Waals surface area contributed by atoms with Crippen LogP contribution >= 0.6 is 11.6 Å². The van der Waals surface area contributed by atoms with Gasteiger partial charge in [0.15, 0.2) is 11.6 Å². The molecular formula is C6H4ClFO2. The van der Waals surface area contributed by atoms with Gasteiger partial charge in [-0.2, -0.15) is 0 Å². The Morgan fingerprint density at radius 2 is 1.70 bits per heavy atom. The highest BCUT2D eigenvalue weighted by Crippen LogP contribution is 2.31. The second-order valence-corrected chi connectivity index (χ2v) is 2.11. The molecule has 1 aromatic carbocycles. The van der Waals surface area contributed by atoms with Crippen LogP contribution in [-0.4, -0.2) is 10.2 Å². The summed E-state index contributed by atoms with van der Waals surface area (Å²) in [7, 11) is 0. The van der Waals surface area contributed by atoms with Crippen LogP contribution in [0, 0.1) is 5.82 Å². The molecule has 54 valence electrons. The zero-order valence-corrected chi connectivity index (χ0v) is 5.56. The van der Waals surface area contributed by atoms with E-state index in [1.165, 1.54) is 0 Å². The molecule has 0 unspecified atom stereocenters. The van der Waals surface area contributed by atoms with E-state index in [1.54, 1.807) is 0 Å². The molecule has 0 bridgehead atoms. The van der Waals surface area contributed by atoms with Crippen LogP contribution in [0.3, 0.4) is 0 Å². The van der Waals surface area contributed by atoms with E-state index in [2.05, 4.69) is 0 Å². The van der Waals surface area contributed by atoms with Crippen LogP contribution in [0.25, 0.3) is 0 Å². The number of hydrogen-bond acceptors (Lipinski definition) is 2. The van der Waals surface area contributed by atoms with Crippen LogP contribution in [0.15, 0.2) is 12.1 Å². The van der Waals surface area contributed by atoms with Gasteiger partial charge in [-0.05, 0) is 12.1 Å². The molecule has 0 amide bonds. The Kier molecular flexibility index (Phi) is 1.68. The third kappa shape index (κ3) is 0.998. The highest BCUT2D eigenvalue weighted by atomic mass is 35.5. The highest BCUT2D eigenvalue weighted by Gasteiger charge is 2.08. The molecule has 0 fully saturated rings. The van der Waals surface area contributed by atoms with Crippen molar-refractivity contribution in [1.29, 1.82) is 0 Å². The number of phenols is 2. The van der Waals surface area contributed by atoms with Crippen molar-refractivity contribution in [2.24, 2.45) is 0 Å². The highest BCUT2D eigenvalue weighted by molar-refractivity contribution is 6.32. The second kappa shape index (κ2) is 2.34. The molecule has 2 N–H and O–H groups in total. The summed E-state index contributed by atoms with van der Waals surface area (Å²) in [5.74, 6) is -1.94. The van der Waals surface area contributed by atoms with Gasteiger partial charge in [0.2, 0.25) is 0 Å². The summed E-state index contributed by atoms with van der Waals surface area (Å²) in [5.41, 5.74) is 0. The average molecular weight is 163 g/mol. The summed E-state index contributed by atoms with van der Waals surface area (Å²) in [5, 5.41) is 16.9. The third-order valence-corrected chi connectivity index (χ3v) is 1.40. The average Bonchev–Trinajstić information content (AvgIpc) is 1.93. The van der Waals surface area contributed by atoms with Crippen LogP contribution in [-0.2, 0) is 0 Å². The van der Waals surface area contributed by atoms with Crippen molar-refractivity contribution in [3.63, 3.8) is 0 Å². The van der Waals surface area contributed by atoms with Gasteiger partial charge in [-0.25, -0.2) is 4.39 Å². The van der Waals surface area contributed by atoms with E-state index in [-0.39, 0.29) is 5.75 Å². The topological polar surface area (TPSA) is 40.5 Å². The number of rotatable bonds is 0. The maximum atomic E-state index is 12.4. The van der Waals surface area contributed by atoms with Gasteiger partial charge in [0.25, 0.3) is 0 Å². The fraction of sp³-hybridized carbons (Fsp3) is 0. The molecule has 1 rings (SSSR count). The van der Waals surface area contributed by atoms with Crippen molar-refractivity contribution in [2.45, 2.75) is 0 Å². The maximum absolute atomic E-state index is 12.4. The molecule has 0 aromatic heterocycles. The predicted octanol–water partition coefficient (Wildman–Crippen LogP) is 1.89. The number of benzene rings is 1. The molecule has 0 saturated heterocycles. The van der Waals surface area contributed by atoms with E-state index in [0.717, 1.165) is 12.1 Å². The number of aromatic hydroxyl groups is 2. The lowest BCUT2D eigenvalue weighted by Crippen LogP contribution is -1.77. The zero-order valence-electron chi connectivity index (χ0n) is 4.81. The first-order valence-corrected chi connectivity index (χ1v) is 2.86. The van der Waals surface area contributed by atoms with Gasteiger partial charge in [0.05, 0.1) is 0 Å². The van der Waals surface area contributed by atoms with E-state index in [4.69, 9.17) is 21.8 Å². The molecule has 4 heteroatoms. The Balaban J connectivity index is 3.34. The van der Waals surface area contributed by atoms with E-state index >= 15 is 0 Å². The zero-order chi connectivity index (χ0) is 7.72. The summed E-state index contributed by atoms with van der Waals surface area (Å²) in [4.78, 5) is 0. The molecule has 0 aliphatic carbocycles. The summed E-state index contributed by atoms with van der Waals surface area (Å²) in [6.07, 6.45) is 0. The fourth-order valence-electron chi connectivity index (χ4n) is 0.529. The van der Waals surface area contributed by atoms with E-state index < -0.39 is 16.6 Å². The Bertz CT molecular complexity index is 235. The minimum absolute atomic E-state index is 0.378. The van der Waals surface area contributed by atoms with Crippen LogP contribution in [0.4, 0.5) is 4.39 Å². The first-order chi connectivity index (χ1) is 4.63. The van der Waals surface area contributed by atoms with Crippen LogP contribution in [0.1, 0.15) is 0 Å². The van der Waals surface area contributed by atoms with Gasteiger partial charge in [-0.3, -0.25) is 0 Å². The molecule has 0 aliphatic rings. The SMILES string of the molecule is Oc1ccc(O)c(Cl)c1F. The van der Waals surface area contributed by atoms with Gasteiger partial charge in [0, 0.05) is 0 Å². The Hall–Kier alpha value is -0.960. The largest absolute Gasteiger partial charge is 0.506 e. The number of phenolic OH excluding ortho intramolecular Hbond substituents is 2. The van der Waals surface area contributed by atoms with Gasteiger partial charge in [0.1, 0.15) is 10.8 Å². The minimum atomic E-state index is -0.998. The quantitative estimate of drug-likeness (QED) is 0.572. The molecule has 0 aliphatic heterocycles. The molecule has 0 radical (unpaired) electrons. The predicted molar refractivity (Wildman–Crippen MR) is 34.7 cm³/mol. The van der Waals surface area contributed by atoms with Crippen LogP contribution in [0.2, 0.25) is 5.02 Å². The van der Waals surface area contributed by atoms with Gasteiger partial charge in [-0.1, -0.05) is 11.6 Å². The molecule has 0 heterocycles. The monoisotopic (exact) mass is 162 g/mol. The lowest BCUT2D eigenvalue weighted by Gasteiger charge is -1.98. The molecule has 2 nitrogen and oxygen atoms in total. The summed E-state index contributed by atoms with van der Waals surface area (Å²) in [6.45, 7) is 0. The molecule has 0 saturated carbocycles. The fourth-order valence-corrected chi connectivity index (χ4v) is 0.689. The van der Waals surface area contributed by atoms with Crippen LogP contribution in [0.5, 0.6) is 11.5 Å². The Morgan fingerprint density at radius 3 is 2.20 bits per heavy atom. The Labute approximate surface area is 61.5 Å². The van der Waals surface area contributed by atoms with Gasteiger partial charge < -0.3 is 10.2 Å². The minimum Gasteiger partial charge on any atom is -0.506 e. The molecule has 0 spiro atoms. The second-order valence-electron chi connectivity index (χ2n) is 1.73. The van der Waals surface area contributed by atoms with Crippen LogP contribution < -0.4 is 0 Å². The van der Waals surface area contributed by atoms with Gasteiger partial charge in [-0.15, -0.1) is 0 Å². The van der Waals surface area contributed by atoms with Crippen molar-refractivity contribution >= 4 is 11.6 Å². The lowest BCUT2D eigenvalue weighted by atomic mass is 10.3. The number of hydrogen-bond donors (Lipinski definition) is 2. The van der Waals surface area contributed by atoms with Crippen molar-refractivity contribution in [2.75, 3.05) is 0 Å². The molecule has 1 aromatic rings. The lowest BCUT2D eigenvalue weighted by molar-refractivity contribution is 0.422. The molecule has 10 heavy (non-hydrogen) atoms. The summed E-state index contributed by atoms with van der Waals surface area (Å²) < 4.78 is 12.4. The first-order valence-electron chi connectivity index (χ1n) is 2.49. The van der Waals surface area contributed by atoms with Gasteiger partial charge >= 0.3 is 0 Å². The smallest absolute Gasteiger partial charge is 0.187 e. The van der Waals surface area contributed by atoms with E-state index in [9.17, 15) is 4.39 Å². The van der Waals surface area contributed by atoms with Crippen molar-refractivity contribution in [1.82, 2.24) is 0 Å². The number of halogens is 2. The first kappa shape index (κ1) is 7.15. The van der Waals surface area contributed by atoms with Crippen molar-refractivity contribution < 1.29 is 14.6 Å². The van der Waals surface area contributed by atoms with E-state index in [0.29, 0.717) is 0 Å². The maximum Gasteiger partial charge on any atom is 0.187 e. The Morgan fingerprint density at radius 1 is 1.20 bits per heavy atom. The third-order valence-electron chi connectivity index (χ3n) is 1.04. The van der Waals surface area contributed by atoms with Crippen molar-refractivity contribution in [3.05, 3.63) is 23.0 Å². The van der Waals surface area contributed by atoms with Crippen molar-refractivity contribution in [3.8, 4) is 11.5 Å². The summed E-state index contributed by atoms with van der Waals surface area (Å²) >= 11 is 5.20. The van der Waals surface area contributed by atoms with E-state index in [1.807, 2.05) is 0 Å². The normalized spacial score (nSPS) is 9.80.